The van der Waals surface area contributed by atoms with Crippen molar-refractivity contribution in [1.29, 1.82) is 0 Å². The van der Waals surface area contributed by atoms with Crippen molar-refractivity contribution < 1.29 is 19.1 Å². The number of nitrogens with zero attached hydrogens (tertiary/aromatic N) is 1. The maximum absolute atomic E-state index is 11.4. The summed E-state index contributed by atoms with van der Waals surface area (Å²) in [5.74, 6) is -0.483. The Balaban J connectivity index is 4.13. The van der Waals surface area contributed by atoms with Crippen molar-refractivity contribution in [1.82, 2.24) is 4.90 Å². The highest BCUT2D eigenvalue weighted by molar-refractivity contribution is 5.70. The van der Waals surface area contributed by atoms with E-state index in [-0.39, 0.29) is 24.6 Å². The van der Waals surface area contributed by atoms with E-state index in [1.807, 2.05) is 32.8 Å². The fraction of sp³-hybridized carbons (Fsp3) is 0.846. The van der Waals surface area contributed by atoms with Gasteiger partial charge in [-0.3, -0.25) is 9.59 Å². The highest BCUT2D eigenvalue weighted by Crippen LogP contribution is 2.02. The molecule has 0 aliphatic carbocycles. The van der Waals surface area contributed by atoms with E-state index in [2.05, 4.69) is 0 Å². The zero-order valence-electron chi connectivity index (χ0n) is 11.9. The van der Waals surface area contributed by atoms with E-state index in [0.717, 1.165) is 12.8 Å². The van der Waals surface area contributed by atoms with E-state index in [9.17, 15) is 9.59 Å². The largest absolute Gasteiger partial charge is 0.462 e. The Morgan fingerprint density at radius 2 is 1.61 bits per heavy atom. The van der Waals surface area contributed by atoms with Gasteiger partial charge < -0.3 is 14.4 Å². The molecule has 0 radical (unpaired) electrons. The van der Waals surface area contributed by atoms with Crippen LogP contribution in [0, 0.1) is 0 Å². The predicted molar refractivity (Wildman–Crippen MR) is 69.2 cm³/mol. The molecule has 0 aromatic rings. The molecule has 0 N–H and O–H groups in total. The Hall–Kier alpha value is -1.10. The van der Waals surface area contributed by atoms with Crippen LogP contribution in [0.2, 0.25) is 0 Å². The number of hydrogen-bond donors (Lipinski definition) is 0. The Morgan fingerprint density at radius 1 is 1.06 bits per heavy atom. The number of esters is 2. The molecule has 0 amide bonds. The molecule has 0 aliphatic heterocycles. The SMILES string of the molecule is CCCC(=O)OCC(CN(C)C)OC(=O)CCC. The number of carbonyl (C=O) groups excluding carboxylic acids is 2. The number of likely N-dealkylation sites (N-methyl/N-ethyl adjacent to an activating group) is 1. The van der Waals surface area contributed by atoms with E-state index in [1.165, 1.54) is 0 Å². The summed E-state index contributed by atoms with van der Waals surface area (Å²) in [7, 11) is 3.77. The van der Waals surface area contributed by atoms with Gasteiger partial charge in [0.25, 0.3) is 0 Å². The first-order valence-electron chi connectivity index (χ1n) is 6.49. The average molecular weight is 259 g/mol. The minimum Gasteiger partial charge on any atom is -0.462 e. The maximum Gasteiger partial charge on any atom is 0.306 e. The summed E-state index contributed by atoms with van der Waals surface area (Å²) in [6.07, 6.45) is 1.92. The minimum absolute atomic E-state index is 0.131. The molecule has 0 saturated carbocycles. The van der Waals surface area contributed by atoms with Crippen molar-refractivity contribution in [3.63, 3.8) is 0 Å². The molecule has 5 heteroatoms. The average Bonchev–Trinajstić information content (AvgIpc) is 2.26. The second-order valence-electron chi connectivity index (χ2n) is 4.56. The van der Waals surface area contributed by atoms with Gasteiger partial charge in [0.05, 0.1) is 0 Å². The van der Waals surface area contributed by atoms with Crippen LogP contribution in [-0.4, -0.2) is 50.2 Å². The third-order valence-corrected chi connectivity index (χ3v) is 2.21. The molecule has 106 valence electrons. The fourth-order valence-electron chi connectivity index (χ4n) is 1.44. The molecule has 0 saturated heterocycles. The van der Waals surface area contributed by atoms with Gasteiger partial charge in [-0.05, 0) is 26.9 Å². The van der Waals surface area contributed by atoms with Gasteiger partial charge in [-0.25, -0.2) is 0 Å². The Morgan fingerprint density at radius 3 is 2.11 bits per heavy atom. The third-order valence-electron chi connectivity index (χ3n) is 2.21. The molecule has 0 aliphatic rings. The topological polar surface area (TPSA) is 55.8 Å². The van der Waals surface area contributed by atoms with E-state index < -0.39 is 0 Å². The van der Waals surface area contributed by atoms with Gasteiger partial charge in [0.15, 0.2) is 0 Å². The van der Waals surface area contributed by atoms with Crippen molar-refractivity contribution in [3.8, 4) is 0 Å². The molecular formula is C13H25NO4. The lowest BCUT2D eigenvalue weighted by molar-refractivity contribution is -0.159. The normalized spacial score (nSPS) is 12.3. The molecule has 0 rings (SSSR count). The number of hydrogen-bond acceptors (Lipinski definition) is 5. The molecular weight excluding hydrogens is 234 g/mol. The maximum atomic E-state index is 11.4. The second kappa shape index (κ2) is 9.88. The van der Waals surface area contributed by atoms with Crippen LogP contribution in [0.5, 0.6) is 0 Å². The smallest absolute Gasteiger partial charge is 0.306 e. The molecule has 0 fully saturated rings. The summed E-state index contributed by atoms with van der Waals surface area (Å²) in [5, 5.41) is 0. The molecule has 0 spiro atoms. The molecule has 1 atom stereocenters. The number of ether oxygens (including phenoxy) is 2. The van der Waals surface area contributed by atoms with Crippen molar-refractivity contribution in [2.75, 3.05) is 27.2 Å². The van der Waals surface area contributed by atoms with Crippen LogP contribution in [0.15, 0.2) is 0 Å². The van der Waals surface area contributed by atoms with Gasteiger partial charge in [-0.15, -0.1) is 0 Å². The van der Waals surface area contributed by atoms with E-state index in [0.29, 0.717) is 19.4 Å². The first kappa shape index (κ1) is 16.9. The summed E-state index contributed by atoms with van der Waals surface area (Å²) in [5.41, 5.74) is 0. The Labute approximate surface area is 109 Å². The van der Waals surface area contributed by atoms with Gasteiger partial charge in [-0.2, -0.15) is 0 Å². The minimum atomic E-state index is -0.389. The molecule has 1 unspecified atom stereocenters. The van der Waals surface area contributed by atoms with Crippen molar-refractivity contribution in [2.45, 2.75) is 45.6 Å². The van der Waals surface area contributed by atoms with Crippen molar-refractivity contribution >= 4 is 11.9 Å². The van der Waals surface area contributed by atoms with Crippen LogP contribution >= 0.6 is 0 Å². The van der Waals surface area contributed by atoms with E-state index in [4.69, 9.17) is 9.47 Å². The van der Waals surface area contributed by atoms with E-state index >= 15 is 0 Å². The van der Waals surface area contributed by atoms with Crippen LogP contribution < -0.4 is 0 Å². The summed E-state index contributed by atoms with van der Waals surface area (Å²) in [4.78, 5) is 24.6. The van der Waals surface area contributed by atoms with Crippen LogP contribution in [0.3, 0.4) is 0 Å². The third kappa shape index (κ3) is 8.98. The lowest BCUT2D eigenvalue weighted by Gasteiger charge is -2.21. The van der Waals surface area contributed by atoms with Gasteiger partial charge >= 0.3 is 11.9 Å². The second-order valence-corrected chi connectivity index (χ2v) is 4.56. The number of carbonyl (C=O) groups is 2. The lowest BCUT2D eigenvalue weighted by atomic mass is 10.3. The van der Waals surface area contributed by atoms with Gasteiger partial charge in [0.2, 0.25) is 0 Å². The molecule has 0 aromatic heterocycles. The molecule has 0 aromatic carbocycles. The molecule has 0 bridgehead atoms. The van der Waals surface area contributed by atoms with Gasteiger partial charge in [-0.1, -0.05) is 13.8 Å². The van der Waals surface area contributed by atoms with Gasteiger partial charge in [0.1, 0.15) is 12.7 Å². The highest BCUT2D eigenvalue weighted by Gasteiger charge is 2.17. The predicted octanol–water partition coefficient (Wildman–Crippen LogP) is 1.60. The van der Waals surface area contributed by atoms with Crippen molar-refractivity contribution in [2.24, 2.45) is 0 Å². The van der Waals surface area contributed by atoms with Crippen LogP contribution in [0.4, 0.5) is 0 Å². The fourth-order valence-corrected chi connectivity index (χ4v) is 1.44. The summed E-state index contributed by atoms with van der Waals surface area (Å²) < 4.78 is 10.4. The van der Waals surface area contributed by atoms with Crippen LogP contribution in [0.25, 0.3) is 0 Å². The zero-order valence-corrected chi connectivity index (χ0v) is 11.9. The summed E-state index contributed by atoms with van der Waals surface area (Å²) in [6, 6.07) is 0. The monoisotopic (exact) mass is 259 g/mol. The van der Waals surface area contributed by atoms with Crippen molar-refractivity contribution in [3.05, 3.63) is 0 Å². The zero-order chi connectivity index (χ0) is 14.0. The Bertz CT molecular complexity index is 253. The molecule has 0 heterocycles. The molecule has 18 heavy (non-hydrogen) atoms. The summed E-state index contributed by atoms with van der Waals surface area (Å²) in [6.45, 7) is 4.52. The lowest BCUT2D eigenvalue weighted by Crippen LogP contribution is -2.34. The number of rotatable bonds is 9. The highest BCUT2D eigenvalue weighted by atomic mass is 16.6. The van der Waals surface area contributed by atoms with Crippen LogP contribution in [0.1, 0.15) is 39.5 Å². The quantitative estimate of drug-likeness (QED) is 0.589. The van der Waals surface area contributed by atoms with E-state index in [1.54, 1.807) is 0 Å². The standard InChI is InChI=1S/C13H25NO4/c1-5-7-12(15)17-10-11(9-14(3)4)18-13(16)8-6-2/h11H,5-10H2,1-4H3. The van der Waals surface area contributed by atoms with Gasteiger partial charge in [0, 0.05) is 19.4 Å². The molecule has 5 nitrogen and oxygen atoms in total. The Kier molecular flexibility index (Phi) is 9.28. The first-order valence-corrected chi connectivity index (χ1v) is 6.49. The first-order chi connectivity index (χ1) is 8.49. The summed E-state index contributed by atoms with van der Waals surface area (Å²) >= 11 is 0. The van der Waals surface area contributed by atoms with Crippen LogP contribution in [-0.2, 0) is 19.1 Å².